The second kappa shape index (κ2) is 6.56. The number of nitrogens with one attached hydrogen (secondary N) is 2. The molecule has 2 N–H and O–H groups in total. The molecular weight excluding hydrogens is 250 g/mol. The first-order chi connectivity index (χ1) is 7.57. The summed E-state index contributed by atoms with van der Waals surface area (Å²) in [6, 6.07) is 0.0358. The Morgan fingerprint density at radius 1 is 1.44 bits per heavy atom. The third kappa shape index (κ3) is 4.80. The van der Waals surface area contributed by atoms with E-state index in [1.807, 2.05) is 6.08 Å². The van der Waals surface area contributed by atoms with Gasteiger partial charge in [0.25, 0.3) is 10.2 Å². The van der Waals surface area contributed by atoms with Gasteiger partial charge in [-0.2, -0.15) is 13.1 Å². The summed E-state index contributed by atoms with van der Waals surface area (Å²) in [6.07, 6.45) is 3.55. The molecule has 0 bridgehead atoms. The minimum Gasteiger partial charge on any atom is -0.300 e. The van der Waals surface area contributed by atoms with Crippen molar-refractivity contribution in [1.29, 1.82) is 0 Å². The number of hydrogen-bond donors (Lipinski definition) is 2. The number of likely N-dealkylation sites (tertiary alicyclic amines) is 1. The standard InChI is InChI=1S/C9H18ClN3O2S/c1-11-16(14,15)12-9-3-7-13(8-4-9)6-2-5-10/h2,5,9,11-12H,3-4,6-8H2,1H3/b5-2+. The summed E-state index contributed by atoms with van der Waals surface area (Å²) in [5, 5.41) is 0. The van der Waals surface area contributed by atoms with Crippen molar-refractivity contribution >= 4 is 21.8 Å². The van der Waals surface area contributed by atoms with E-state index in [1.165, 1.54) is 12.6 Å². The summed E-state index contributed by atoms with van der Waals surface area (Å²) < 4.78 is 27.4. The van der Waals surface area contributed by atoms with Crippen molar-refractivity contribution in [2.45, 2.75) is 18.9 Å². The Hall–Kier alpha value is -0.140. The molecule has 0 aliphatic carbocycles. The fourth-order valence-electron chi connectivity index (χ4n) is 1.70. The summed E-state index contributed by atoms with van der Waals surface area (Å²) in [6.45, 7) is 2.60. The van der Waals surface area contributed by atoms with Gasteiger partial charge in [-0.05, 0) is 25.9 Å². The first-order valence-corrected chi connectivity index (χ1v) is 7.17. The fourth-order valence-corrected chi connectivity index (χ4v) is 2.57. The molecule has 1 aliphatic heterocycles. The SMILES string of the molecule is CNS(=O)(=O)NC1CCN(C/C=C/Cl)CC1. The molecule has 94 valence electrons. The van der Waals surface area contributed by atoms with Crippen molar-refractivity contribution in [3.63, 3.8) is 0 Å². The van der Waals surface area contributed by atoms with Crippen LogP contribution in [-0.4, -0.2) is 46.0 Å². The lowest BCUT2D eigenvalue weighted by Gasteiger charge is -2.31. The molecule has 16 heavy (non-hydrogen) atoms. The molecule has 0 aromatic heterocycles. The van der Waals surface area contributed by atoms with Gasteiger partial charge in [0.1, 0.15) is 0 Å². The number of hydrogen-bond acceptors (Lipinski definition) is 3. The van der Waals surface area contributed by atoms with Crippen LogP contribution in [0.1, 0.15) is 12.8 Å². The van der Waals surface area contributed by atoms with Gasteiger partial charge in [-0.1, -0.05) is 17.7 Å². The van der Waals surface area contributed by atoms with E-state index in [4.69, 9.17) is 11.6 Å². The van der Waals surface area contributed by atoms with Gasteiger partial charge < -0.3 is 0 Å². The van der Waals surface area contributed by atoms with E-state index in [9.17, 15) is 8.42 Å². The Morgan fingerprint density at radius 3 is 2.56 bits per heavy atom. The third-order valence-electron chi connectivity index (χ3n) is 2.63. The molecule has 0 amide bonds. The number of piperidine rings is 1. The molecule has 5 nitrogen and oxygen atoms in total. The van der Waals surface area contributed by atoms with Gasteiger partial charge in [0, 0.05) is 25.2 Å². The van der Waals surface area contributed by atoms with E-state index < -0.39 is 10.2 Å². The van der Waals surface area contributed by atoms with E-state index >= 15 is 0 Å². The first kappa shape index (κ1) is 13.9. The molecule has 0 aromatic carbocycles. The molecule has 1 aliphatic rings. The lowest BCUT2D eigenvalue weighted by molar-refractivity contribution is 0.226. The second-order valence-electron chi connectivity index (χ2n) is 3.76. The highest BCUT2D eigenvalue weighted by atomic mass is 35.5. The van der Waals surface area contributed by atoms with E-state index in [1.54, 1.807) is 0 Å². The minimum absolute atomic E-state index is 0.0358. The summed E-state index contributed by atoms with van der Waals surface area (Å²) in [4.78, 5) is 2.24. The van der Waals surface area contributed by atoms with Gasteiger partial charge in [0.2, 0.25) is 0 Å². The highest BCUT2D eigenvalue weighted by Crippen LogP contribution is 2.10. The van der Waals surface area contributed by atoms with Crippen LogP contribution in [0.4, 0.5) is 0 Å². The molecule has 1 saturated heterocycles. The van der Waals surface area contributed by atoms with Crippen LogP contribution >= 0.6 is 11.6 Å². The minimum atomic E-state index is -3.31. The molecule has 0 unspecified atom stereocenters. The average Bonchev–Trinajstić information content (AvgIpc) is 2.28. The van der Waals surface area contributed by atoms with Gasteiger partial charge in [0.05, 0.1) is 0 Å². The Kier molecular flexibility index (Phi) is 5.71. The highest BCUT2D eigenvalue weighted by molar-refractivity contribution is 7.87. The number of nitrogens with zero attached hydrogens (tertiary/aromatic N) is 1. The monoisotopic (exact) mass is 267 g/mol. The van der Waals surface area contributed by atoms with Crippen molar-refractivity contribution in [3.8, 4) is 0 Å². The summed E-state index contributed by atoms with van der Waals surface area (Å²) >= 11 is 5.45. The van der Waals surface area contributed by atoms with Crippen LogP contribution in [0.3, 0.4) is 0 Å². The quantitative estimate of drug-likeness (QED) is 0.751. The molecule has 0 aromatic rings. The summed E-state index contributed by atoms with van der Waals surface area (Å²) in [5.74, 6) is 0. The van der Waals surface area contributed by atoms with Gasteiger partial charge in [-0.3, -0.25) is 4.90 Å². The summed E-state index contributed by atoms with van der Waals surface area (Å²) in [7, 11) is -1.90. The van der Waals surface area contributed by atoms with Crippen molar-refractivity contribution in [3.05, 3.63) is 11.6 Å². The van der Waals surface area contributed by atoms with Gasteiger partial charge in [-0.15, -0.1) is 0 Å². The Labute approximate surface area is 102 Å². The van der Waals surface area contributed by atoms with Gasteiger partial charge in [-0.25, -0.2) is 4.72 Å². The normalized spacial score (nSPS) is 20.6. The maximum Gasteiger partial charge on any atom is 0.276 e. The molecule has 0 atom stereocenters. The van der Waals surface area contributed by atoms with E-state index in [-0.39, 0.29) is 6.04 Å². The molecule has 0 spiro atoms. The Balaban J connectivity index is 2.32. The zero-order valence-corrected chi connectivity index (χ0v) is 10.9. The molecule has 7 heteroatoms. The molecule has 1 fully saturated rings. The average molecular weight is 268 g/mol. The maximum absolute atomic E-state index is 11.3. The van der Waals surface area contributed by atoms with Gasteiger partial charge in [0.15, 0.2) is 0 Å². The fraction of sp³-hybridized carbons (Fsp3) is 0.778. The lowest BCUT2D eigenvalue weighted by atomic mass is 10.1. The van der Waals surface area contributed by atoms with Crippen molar-refractivity contribution in [2.75, 3.05) is 26.7 Å². The summed E-state index contributed by atoms with van der Waals surface area (Å²) in [5.41, 5.74) is 1.51. The van der Waals surface area contributed by atoms with Gasteiger partial charge >= 0.3 is 0 Å². The molecule has 1 rings (SSSR count). The van der Waals surface area contributed by atoms with Crippen molar-refractivity contribution in [1.82, 2.24) is 14.3 Å². The predicted molar refractivity (Wildman–Crippen MR) is 65.6 cm³/mol. The maximum atomic E-state index is 11.3. The molecule has 0 radical (unpaired) electrons. The molecular formula is C9H18ClN3O2S. The first-order valence-electron chi connectivity index (χ1n) is 5.26. The highest BCUT2D eigenvalue weighted by Gasteiger charge is 2.21. The molecule has 0 saturated carbocycles. The van der Waals surface area contributed by atoms with Crippen LogP contribution in [0.2, 0.25) is 0 Å². The zero-order valence-electron chi connectivity index (χ0n) is 9.32. The van der Waals surface area contributed by atoms with Crippen molar-refractivity contribution in [2.24, 2.45) is 0 Å². The third-order valence-corrected chi connectivity index (χ3v) is 3.99. The Bertz CT molecular complexity index is 324. The topological polar surface area (TPSA) is 61.4 Å². The smallest absolute Gasteiger partial charge is 0.276 e. The van der Waals surface area contributed by atoms with Crippen LogP contribution < -0.4 is 9.44 Å². The van der Waals surface area contributed by atoms with E-state index in [0.717, 1.165) is 32.5 Å². The van der Waals surface area contributed by atoms with Crippen LogP contribution in [0, 0.1) is 0 Å². The van der Waals surface area contributed by atoms with E-state index in [0.29, 0.717) is 0 Å². The number of halogens is 1. The van der Waals surface area contributed by atoms with Crippen LogP contribution in [-0.2, 0) is 10.2 Å². The second-order valence-corrected chi connectivity index (χ2v) is 5.66. The number of rotatable bonds is 5. The zero-order chi connectivity index (χ0) is 12.0. The van der Waals surface area contributed by atoms with Crippen LogP contribution in [0.25, 0.3) is 0 Å². The lowest BCUT2D eigenvalue weighted by Crippen LogP contribution is -2.47. The van der Waals surface area contributed by atoms with Crippen molar-refractivity contribution < 1.29 is 8.42 Å². The van der Waals surface area contributed by atoms with E-state index in [2.05, 4.69) is 14.3 Å². The molecule has 1 heterocycles. The largest absolute Gasteiger partial charge is 0.300 e. The predicted octanol–water partition coefficient (Wildman–Crippen LogP) is 0.257. The van der Waals surface area contributed by atoms with Crippen LogP contribution in [0.15, 0.2) is 11.6 Å². The Morgan fingerprint density at radius 2 is 2.06 bits per heavy atom. The van der Waals surface area contributed by atoms with Crippen LogP contribution in [0.5, 0.6) is 0 Å².